The highest BCUT2D eigenvalue weighted by atomic mass is 16.3. The average molecular weight is 418 g/mol. The number of nitrogens with zero attached hydrogens (tertiary/aromatic N) is 3. The third-order valence-corrected chi connectivity index (χ3v) is 6.61. The van der Waals surface area contributed by atoms with Crippen LogP contribution in [0.3, 0.4) is 0 Å². The van der Waals surface area contributed by atoms with Crippen molar-refractivity contribution in [3.8, 4) is 17.2 Å². The molecule has 0 aromatic heterocycles. The number of aliphatic hydroxyl groups is 1. The maximum atomic E-state index is 12.9. The van der Waals surface area contributed by atoms with Gasteiger partial charge < -0.3 is 14.9 Å². The fourth-order valence-electron chi connectivity index (χ4n) is 4.65. The first kappa shape index (κ1) is 21.1. The van der Waals surface area contributed by atoms with Crippen LogP contribution in [0.4, 0.5) is 0 Å². The van der Waals surface area contributed by atoms with Gasteiger partial charge in [0, 0.05) is 31.5 Å². The molecule has 4 rings (SSSR count). The minimum Gasteiger partial charge on any atom is -0.394 e. The molecule has 1 saturated heterocycles. The van der Waals surface area contributed by atoms with Gasteiger partial charge in [-0.2, -0.15) is 5.26 Å². The third-order valence-electron chi connectivity index (χ3n) is 6.61. The molecule has 2 amide bonds. The molecular weight excluding hydrogens is 390 g/mol. The summed E-state index contributed by atoms with van der Waals surface area (Å²) >= 11 is 0. The molecule has 1 saturated carbocycles. The van der Waals surface area contributed by atoms with Gasteiger partial charge in [0.15, 0.2) is 0 Å². The van der Waals surface area contributed by atoms with Crippen LogP contribution < -0.4 is 0 Å². The van der Waals surface area contributed by atoms with Crippen LogP contribution >= 0.6 is 0 Å². The van der Waals surface area contributed by atoms with E-state index in [0.717, 1.165) is 36.0 Å². The first-order valence-corrected chi connectivity index (χ1v) is 10.7. The maximum absolute atomic E-state index is 12.9. The van der Waals surface area contributed by atoms with Gasteiger partial charge in [-0.05, 0) is 41.7 Å². The average Bonchev–Trinajstić information content (AvgIpc) is 2.72. The number of benzene rings is 2. The summed E-state index contributed by atoms with van der Waals surface area (Å²) in [5.74, 6) is -0.327. The van der Waals surface area contributed by atoms with E-state index in [1.54, 1.807) is 31.1 Å². The van der Waals surface area contributed by atoms with Crippen LogP contribution in [0, 0.1) is 17.2 Å². The van der Waals surface area contributed by atoms with Crippen LogP contribution in [0.25, 0.3) is 11.1 Å². The number of hydrogen-bond acceptors (Lipinski definition) is 4. The number of hydrogen-bond donors (Lipinski definition) is 1. The van der Waals surface area contributed by atoms with Crippen LogP contribution in [-0.2, 0) is 4.79 Å². The summed E-state index contributed by atoms with van der Waals surface area (Å²) in [6, 6.07) is 16.5. The molecule has 6 nitrogen and oxygen atoms in total. The topological polar surface area (TPSA) is 84.6 Å². The van der Waals surface area contributed by atoms with E-state index < -0.39 is 12.1 Å². The van der Waals surface area contributed by atoms with Crippen LogP contribution in [0.5, 0.6) is 0 Å². The van der Waals surface area contributed by atoms with E-state index in [2.05, 4.69) is 6.07 Å². The minimum atomic E-state index is -0.582. The van der Waals surface area contributed by atoms with Crippen molar-refractivity contribution < 1.29 is 14.7 Å². The van der Waals surface area contributed by atoms with Crippen molar-refractivity contribution in [2.24, 2.45) is 5.92 Å². The lowest BCUT2D eigenvalue weighted by atomic mass is 9.71. The molecule has 6 heteroatoms. The van der Waals surface area contributed by atoms with E-state index in [9.17, 15) is 20.0 Å². The lowest BCUT2D eigenvalue weighted by molar-refractivity contribution is -0.154. The van der Waals surface area contributed by atoms with Crippen LogP contribution in [0.15, 0.2) is 48.5 Å². The minimum absolute atomic E-state index is 0.00266. The van der Waals surface area contributed by atoms with Crippen LogP contribution in [0.2, 0.25) is 0 Å². The summed E-state index contributed by atoms with van der Waals surface area (Å²) in [4.78, 5) is 28.2. The number of aliphatic hydroxyl groups excluding tert-OH is 1. The molecule has 31 heavy (non-hydrogen) atoms. The van der Waals surface area contributed by atoms with E-state index in [1.807, 2.05) is 36.4 Å². The summed E-state index contributed by atoms with van der Waals surface area (Å²) < 4.78 is 0. The normalized spacial score (nSPS) is 22.8. The number of rotatable bonds is 5. The van der Waals surface area contributed by atoms with E-state index in [-0.39, 0.29) is 30.3 Å². The molecule has 2 aliphatic rings. The van der Waals surface area contributed by atoms with Gasteiger partial charge in [-0.1, -0.05) is 42.8 Å². The Balaban J connectivity index is 1.66. The van der Waals surface area contributed by atoms with Gasteiger partial charge in [0.2, 0.25) is 5.91 Å². The van der Waals surface area contributed by atoms with E-state index >= 15 is 0 Å². The summed E-state index contributed by atoms with van der Waals surface area (Å²) in [6.07, 6.45) is 2.78. The Kier molecular flexibility index (Phi) is 5.79. The predicted molar refractivity (Wildman–Crippen MR) is 117 cm³/mol. The SMILES string of the molecule is CN(C)C(=O)c1ccc(-c2ccccc2[C@H]2[C@@H](C#N)N(C(=O)C3CCC3)[C@H]2CO)cc1. The molecule has 0 radical (unpaired) electrons. The number of likely N-dealkylation sites (tertiary alicyclic amines) is 1. The number of nitriles is 1. The molecule has 1 aliphatic heterocycles. The third kappa shape index (κ3) is 3.60. The molecule has 1 heterocycles. The van der Waals surface area contributed by atoms with Gasteiger partial charge in [-0.15, -0.1) is 0 Å². The van der Waals surface area contributed by atoms with Gasteiger partial charge in [0.25, 0.3) is 5.91 Å². The highest BCUT2D eigenvalue weighted by Gasteiger charge is 2.53. The number of carbonyl (C=O) groups is 2. The van der Waals surface area contributed by atoms with Gasteiger partial charge in [0.05, 0.1) is 18.7 Å². The van der Waals surface area contributed by atoms with Gasteiger partial charge >= 0.3 is 0 Å². The van der Waals surface area contributed by atoms with E-state index in [4.69, 9.17) is 0 Å². The second kappa shape index (κ2) is 8.52. The molecule has 0 spiro atoms. The molecule has 0 bridgehead atoms. The highest BCUT2D eigenvalue weighted by Crippen LogP contribution is 2.46. The number of carbonyl (C=O) groups excluding carboxylic acids is 2. The fourth-order valence-corrected chi connectivity index (χ4v) is 4.65. The lowest BCUT2D eigenvalue weighted by Gasteiger charge is -2.53. The predicted octanol–water partition coefficient (Wildman–Crippen LogP) is 3.03. The van der Waals surface area contributed by atoms with Crippen molar-refractivity contribution in [1.82, 2.24) is 9.80 Å². The zero-order valence-electron chi connectivity index (χ0n) is 17.9. The van der Waals surface area contributed by atoms with Crippen molar-refractivity contribution in [3.63, 3.8) is 0 Å². The van der Waals surface area contributed by atoms with E-state index in [0.29, 0.717) is 5.56 Å². The molecule has 2 aromatic rings. The summed E-state index contributed by atoms with van der Waals surface area (Å²) in [6.45, 7) is -0.175. The van der Waals surface area contributed by atoms with Crippen LogP contribution in [0.1, 0.15) is 41.1 Å². The Bertz CT molecular complexity index is 1020. The molecule has 1 aliphatic carbocycles. The van der Waals surface area contributed by atoms with Crippen molar-refractivity contribution in [2.75, 3.05) is 20.7 Å². The molecule has 3 atom stereocenters. The van der Waals surface area contributed by atoms with Crippen molar-refractivity contribution in [2.45, 2.75) is 37.3 Å². The smallest absolute Gasteiger partial charge is 0.253 e. The molecule has 2 aromatic carbocycles. The van der Waals surface area contributed by atoms with Gasteiger partial charge in [0.1, 0.15) is 6.04 Å². The standard InChI is InChI=1S/C25H27N3O3/c1-27(2)24(30)18-12-10-16(11-13-18)19-8-3-4-9-20(19)23-21(14-26)28(22(23)15-29)25(31)17-6-5-7-17/h3-4,8-13,17,21-23,29H,5-7,15H2,1-2H3/t21-,22+,23+/m1/s1. The summed E-state index contributed by atoms with van der Waals surface area (Å²) in [7, 11) is 3.44. The zero-order valence-corrected chi connectivity index (χ0v) is 17.9. The Morgan fingerprint density at radius 2 is 1.81 bits per heavy atom. The molecule has 0 unspecified atom stereocenters. The Hall–Kier alpha value is -3.17. The first-order chi connectivity index (χ1) is 15.0. The number of amides is 2. The zero-order chi connectivity index (χ0) is 22.1. The molecular formula is C25H27N3O3. The maximum Gasteiger partial charge on any atom is 0.253 e. The molecule has 2 fully saturated rings. The molecule has 160 valence electrons. The highest BCUT2D eigenvalue weighted by molar-refractivity contribution is 5.94. The second-order valence-electron chi connectivity index (χ2n) is 8.59. The quantitative estimate of drug-likeness (QED) is 0.810. The van der Waals surface area contributed by atoms with Gasteiger partial charge in [-0.25, -0.2) is 0 Å². The largest absolute Gasteiger partial charge is 0.394 e. The van der Waals surface area contributed by atoms with Crippen molar-refractivity contribution >= 4 is 11.8 Å². The Morgan fingerprint density at radius 1 is 1.13 bits per heavy atom. The Labute approximate surface area is 182 Å². The summed E-state index contributed by atoms with van der Waals surface area (Å²) in [5.41, 5.74) is 3.43. The first-order valence-electron chi connectivity index (χ1n) is 10.7. The van der Waals surface area contributed by atoms with Crippen molar-refractivity contribution in [3.05, 3.63) is 59.7 Å². The lowest BCUT2D eigenvalue weighted by Crippen LogP contribution is -2.66. The molecule has 1 N–H and O–H groups in total. The van der Waals surface area contributed by atoms with Crippen LogP contribution in [-0.4, -0.2) is 59.5 Å². The fraction of sp³-hybridized carbons (Fsp3) is 0.400. The second-order valence-corrected chi connectivity index (χ2v) is 8.59. The van der Waals surface area contributed by atoms with Crippen molar-refractivity contribution in [1.29, 1.82) is 5.26 Å². The summed E-state index contributed by atoms with van der Waals surface area (Å²) in [5, 5.41) is 20.0. The Morgan fingerprint density at radius 3 is 2.35 bits per heavy atom. The monoisotopic (exact) mass is 417 g/mol. The van der Waals surface area contributed by atoms with E-state index in [1.165, 1.54) is 4.90 Å². The van der Waals surface area contributed by atoms with Gasteiger partial charge in [-0.3, -0.25) is 9.59 Å².